The molecule has 1 aliphatic heterocycles. The third-order valence-corrected chi connectivity index (χ3v) is 15.2. The summed E-state index contributed by atoms with van der Waals surface area (Å²) in [5.74, 6) is 3.85. The normalized spacial score (nSPS) is 34.1. The van der Waals surface area contributed by atoms with Crippen molar-refractivity contribution in [2.45, 2.75) is 123 Å². The van der Waals surface area contributed by atoms with Crippen LogP contribution < -0.4 is 15.4 Å². The predicted molar refractivity (Wildman–Crippen MR) is 213 cm³/mol. The molecule has 2 amide bonds. The van der Waals surface area contributed by atoms with Gasteiger partial charge in [-0.15, -0.1) is 0 Å². The number of pyridine rings is 1. The van der Waals surface area contributed by atoms with Gasteiger partial charge < -0.3 is 30.0 Å². The van der Waals surface area contributed by atoms with Crippen molar-refractivity contribution in [3.8, 4) is 5.75 Å². The highest BCUT2D eigenvalue weighted by atomic mass is 79.9. The number of aliphatic hydroxyl groups is 1. The summed E-state index contributed by atoms with van der Waals surface area (Å²) in [4.78, 5) is 19.6. The van der Waals surface area contributed by atoms with E-state index in [9.17, 15) is 9.90 Å². The number of morpholine rings is 1. The highest BCUT2D eigenvalue weighted by molar-refractivity contribution is 9.10. The molecule has 0 spiro atoms. The molecule has 1 aromatic heterocycles. The quantitative estimate of drug-likeness (QED) is 0.184. The summed E-state index contributed by atoms with van der Waals surface area (Å²) in [5, 5.41) is 16.2. The second-order valence-electron chi connectivity index (χ2n) is 17.6. The molecule has 1 aromatic carbocycles. The summed E-state index contributed by atoms with van der Waals surface area (Å²) in [5.41, 5.74) is 3.90. The number of urea groups is 1. The molecule has 9 nitrogen and oxygen atoms in total. The van der Waals surface area contributed by atoms with Crippen LogP contribution in [0.25, 0.3) is 0 Å². The van der Waals surface area contributed by atoms with Crippen molar-refractivity contribution < 1.29 is 24.1 Å². The molecule has 0 radical (unpaired) electrons. The first-order valence-electron chi connectivity index (χ1n) is 20.6. The number of aryl methyl sites for hydroxylation is 2. The van der Waals surface area contributed by atoms with Gasteiger partial charge in [-0.1, -0.05) is 29.8 Å². The zero-order chi connectivity index (χ0) is 37.2. The van der Waals surface area contributed by atoms with Crippen LogP contribution in [0.4, 0.5) is 16.2 Å². The van der Waals surface area contributed by atoms with Crippen LogP contribution in [0.3, 0.4) is 0 Å². The van der Waals surface area contributed by atoms with Gasteiger partial charge in [0.05, 0.1) is 36.4 Å². The minimum atomic E-state index is -0.357. The SMILES string of the molecule is Cc1ccc(NC(=O)Nc2cc(Br)c(C)cc2OC[C@@H]2CN(CCCCCO[C@H]3CC[C@H]4[C@@H]5CC[C@H]6CC(O)CC[C@]6(C)[C@H]5CC[C@]34C)CCO2)cn1. The van der Waals surface area contributed by atoms with Crippen molar-refractivity contribution in [3.63, 3.8) is 0 Å². The molecule has 7 rings (SSSR count). The van der Waals surface area contributed by atoms with Crippen molar-refractivity contribution in [2.24, 2.45) is 34.5 Å². The Balaban J connectivity index is 0.821. The number of hydrogen-bond donors (Lipinski definition) is 3. The third-order valence-electron chi connectivity index (χ3n) is 14.3. The molecule has 1 unspecified atom stereocenters. The Kier molecular flexibility index (Phi) is 12.4. The maximum Gasteiger partial charge on any atom is 0.323 e. The van der Waals surface area contributed by atoms with E-state index in [0.29, 0.717) is 47.3 Å². The lowest BCUT2D eigenvalue weighted by Crippen LogP contribution is -2.54. The number of aliphatic hydroxyl groups excluding tert-OH is 1. The minimum absolute atomic E-state index is 0.0372. The summed E-state index contributed by atoms with van der Waals surface area (Å²) in [6, 6.07) is 7.15. The van der Waals surface area contributed by atoms with Crippen LogP contribution in [-0.2, 0) is 9.47 Å². The van der Waals surface area contributed by atoms with Gasteiger partial charge in [0.25, 0.3) is 0 Å². The van der Waals surface area contributed by atoms with Gasteiger partial charge in [0.1, 0.15) is 18.5 Å². The Morgan fingerprint density at radius 2 is 1.85 bits per heavy atom. The molecule has 4 aliphatic carbocycles. The van der Waals surface area contributed by atoms with E-state index in [2.05, 4.69) is 50.3 Å². The van der Waals surface area contributed by atoms with Gasteiger partial charge in [-0.2, -0.15) is 0 Å². The topological polar surface area (TPSA) is 105 Å². The Labute approximate surface area is 325 Å². The van der Waals surface area contributed by atoms with E-state index in [1.165, 1.54) is 51.4 Å². The fourth-order valence-corrected chi connectivity index (χ4v) is 11.6. The van der Waals surface area contributed by atoms with E-state index in [0.717, 1.165) is 91.3 Å². The monoisotopic (exact) mass is 794 g/mol. The number of rotatable bonds is 12. The Morgan fingerprint density at radius 1 is 1.02 bits per heavy atom. The molecule has 292 valence electrons. The fourth-order valence-electron chi connectivity index (χ4n) is 11.3. The van der Waals surface area contributed by atoms with Crippen LogP contribution in [0.2, 0.25) is 0 Å². The van der Waals surface area contributed by atoms with Crippen molar-refractivity contribution in [1.29, 1.82) is 0 Å². The number of unbranched alkanes of at least 4 members (excludes halogenated alkanes) is 2. The maximum absolute atomic E-state index is 12.8. The van der Waals surface area contributed by atoms with Gasteiger partial charge in [0.15, 0.2) is 0 Å². The number of amides is 2. The predicted octanol–water partition coefficient (Wildman–Crippen LogP) is 9.14. The van der Waals surface area contributed by atoms with E-state index in [1.807, 2.05) is 38.1 Å². The average molecular weight is 796 g/mol. The van der Waals surface area contributed by atoms with Crippen LogP contribution in [0.15, 0.2) is 34.9 Å². The number of halogens is 1. The number of nitrogens with one attached hydrogen (secondary N) is 2. The summed E-state index contributed by atoms with van der Waals surface area (Å²) in [7, 11) is 0. The number of carbonyl (C=O) groups is 1. The highest BCUT2D eigenvalue weighted by Gasteiger charge is 2.60. The smallest absolute Gasteiger partial charge is 0.323 e. The number of anilines is 2. The van der Waals surface area contributed by atoms with Gasteiger partial charge in [-0.25, -0.2) is 4.79 Å². The Morgan fingerprint density at radius 3 is 2.68 bits per heavy atom. The van der Waals surface area contributed by atoms with Crippen molar-refractivity contribution in [3.05, 3.63) is 46.2 Å². The molecular weight excluding hydrogens is 732 g/mol. The molecule has 53 heavy (non-hydrogen) atoms. The van der Waals surface area contributed by atoms with Crippen LogP contribution in [-0.4, -0.2) is 78.8 Å². The summed E-state index contributed by atoms with van der Waals surface area (Å²) >= 11 is 3.59. The molecule has 5 fully saturated rings. The summed E-state index contributed by atoms with van der Waals surface area (Å²) in [6.45, 7) is 13.9. The lowest BCUT2D eigenvalue weighted by Gasteiger charge is -2.60. The van der Waals surface area contributed by atoms with E-state index < -0.39 is 0 Å². The van der Waals surface area contributed by atoms with Crippen molar-refractivity contribution >= 4 is 33.3 Å². The molecule has 5 aliphatic rings. The number of carbonyl (C=O) groups excluding carboxylic acids is 1. The largest absolute Gasteiger partial charge is 0.489 e. The first kappa shape index (κ1) is 39.0. The van der Waals surface area contributed by atoms with Gasteiger partial charge in [0.2, 0.25) is 0 Å². The summed E-state index contributed by atoms with van der Waals surface area (Å²) in [6.07, 6.45) is 16.6. The molecule has 9 atom stereocenters. The van der Waals surface area contributed by atoms with Gasteiger partial charge >= 0.3 is 6.03 Å². The molecule has 1 saturated heterocycles. The van der Waals surface area contributed by atoms with Crippen LogP contribution >= 0.6 is 15.9 Å². The number of benzene rings is 1. The Hall–Kier alpha value is -2.24. The number of hydrogen-bond acceptors (Lipinski definition) is 7. The van der Waals surface area contributed by atoms with Crippen molar-refractivity contribution in [2.75, 3.05) is 50.1 Å². The first-order chi connectivity index (χ1) is 25.5. The zero-order valence-electron chi connectivity index (χ0n) is 32.5. The minimum Gasteiger partial charge on any atom is -0.489 e. The van der Waals surface area contributed by atoms with Gasteiger partial charge in [-0.05, 0) is 162 Å². The standard InChI is InChI=1S/C43H63BrN4O5/c1-28-22-39(38(24-37(28)44)47-41(50)46-31-10-8-29(2)45-25-31)53-27-33-26-48(19-21-51-33)18-6-5-7-20-52-40-13-12-35-34-11-9-30-23-32(49)14-16-42(30,3)36(34)15-17-43(35,40)4/h8,10,22,24-25,30,32-36,40,49H,5-7,9,11-21,23,26-27H2,1-4H3,(H2,46,47,50)/t30-,32?,33-,34-,35-,36-,40-,42-,43-/m0/s1. The average Bonchev–Trinajstić information content (AvgIpc) is 3.48. The second-order valence-corrected chi connectivity index (χ2v) is 18.5. The van der Waals surface area contributed by atoms with Crippen molar-refractivity contribution in [1.82, 2.24) is 9.88 Å². The highest BCUT2D eigenvalue weighted by Crippen LogP contribution is 2.66. The third kappa shape index (κ3) is 8.77. The number of ether oxygens (including phenoxy) is 3. The molecule has 3 N–H and O–H groups in total. The van der Waals surface area contributed by atoms with E-state index in [-0.39, 0.29) is 18.2 Å². The van der Waals surface area contributed by atoms with Gasteiger partial charge in [-0.3, -0.25) is 9.88 Å². The first-order valence-corrected chi connectivity index (χ1v) is 21.4. The van der Waals surface area contributed by atoms with E-state index in [1.54, 1.807) is 6.20 Å². The molecular formula is C43H63BrN4O5. The fraction of sp³-hybridized carbons (Fsp3) is 0.721. The summed E-state index contributed by atoms with van der Waals surface area (Å²) < 4.78 is 20.0. The molecule has 2 aromatic rings. The van der Waals surface area contributed by atoms with Crippen LogP contribution in [0.5, 0.6) is 5.75 Å². The second kappa shape index (κ2) is 16.9. The molecule has 2 heterocycles. The molecule has 4 saturated carbocycles. The number of nitrogens with zero attached hydrogens (tertiary/aromatic N) is 2. The lowest BCUT2D eigenvalue weighted by atomic mass is 9.45. The lowest BCUT2D eigenvalue weighted by molar-refractivity contribution is -0.141. The number of aromatic nitrogens is 1. The van der Waals surface area contributed by atoms with Gasteiger partial charge in [0, 0.05) is 29.9 Å². The van der Waals surface area contributed by atoms with Crippen LogP contribution in [0, 0.1) is 48.3 Å². The molecule has 10 heteroatoms. The Bertz CT molecular complexity index is 1560. The zero-order valence-corrected chi connectivity index (χ0v) is 34.1. The molecule has 0 bridgehead atoms. The maximum atomic E-state index is 12.8. The van der Waals surface area contributed by atoms with Crippen LogP contribution in [0.1, 0.15) is 102 Å². The van der Waals surface area contributed by atoms with E-state index in [4.69, 9.17) is 14.2 Å². The van der Waals surface area contributed by atoms with E-state index >= 15 is 0 Å². The number of fused-ring (bicyclic) bond motifs is 5.